The first kappa shape index (κ1) is 27.5. The van der Waals surface area contributed by atoms with E-state index in [1.165, 1.54) is 69.9 Å². The number of rotatable bonds is 11. The third kappa shape index (κ3) is 7.00. The number of amides is 1. The summed E-state index contributed by atoms with van der Waals surface area (Å²) in [7, 11) is 4.22. The SMILES string of the molecule is COc1cccc(NC(=O)[C@@H](OC(=O)c2cccc(OC)c2)[C@H](OC(=O)c2cccc(OC)c2)C(=O)O)c1. The summed E-state index contributed by atoms with van der Waals surface area (Å²) < 4.78 is 25.8. The van der Waals surface area contributed by atoms with E-state index < -0.39 is 36.0 Å². The standard InChI is InChI=1S/C27H25NO10/c1-34-19-10-4-7-16(13-19)26(32)37-22(24(29)28-18-9-6-12-21(15-18)36-3)23(25(30)31)38-27(33)17-8-5-11-20(14-17)35-2/h4-15,22-23H,1-3H3,(H,28,29)(H,30,31)/t22-,23-/m0/s1. The average molecular weight is 523 g/mol. The van der Waals surface area contributed by atoms with Crippen LogP contribution >= 0.6 is 0 Å². The molecule has 0 heterocycles. The third-order valence-electron chi connectivity index (χ3n) is 5.19. The zero-order valence-corrected chi connectivity index (χ0v) is 20.7. The van der Waals surface area contributed by atoms with E-state index >= 15 is 0 Å². The second-order valence-corrected chi connectivity index (χ2v) is 7.68. The van der Waals surface area contributed by atoms with Gasteiger partial charge in [0.25, 0.3) is 5.91 Å². The molecule has 3 aromatic carbocycles. The Morgan fingerprint density at radius 1 is 0.658 bits per heavy atom. The van der Waals surface area contributed by atoms with Crippen LogP contribution in [-0.4, -0.2) is 62.5 Å². The molecule has 0 aliphatic carbocycles. The van der Waals surface area contributed by atoms with Crippen molar-refractivity contribution in [2.75, 3.05) is 26.6 Å². The van der Waals surface area contributed by atoms with Gasteiger partial charge in [0.2, 0.25) is 12.2 Å². The number of carbonyl (C=O) groups excluding carboxylic acids is 3. The van der Waals surface area contributed by atoms with Crippen molar-refractivity contribution >= 4 is 29.5 Å². The quantitative estimate of drug-likeness (QED) is 0.359. The second kappa shape index (κ2) is 12.8. The van der Waals surface area contributed by atoms with Gasteiger partial charge in [-0.15, -0.1) is 0 Å². The summed E-state index contributed by atoms with van der Waals surface area (Å²) in [5.74, 6) is -3.83. The molecule has 11 heteroatoms. The fourth-order valence-corrected chi connectivity index (χ4v) is 3.28. The first-order valence-corrected chi connectivity index (χ1v) is 11.1. The number of anilines is 1. The maximum absolute atomic E-state index is 13.2. The number of benzene rings is 3. The fraction of sp³-hybridized carbons (Fsp3) is 0.185. The summed E-state index contributed by atoms with van der Waals surface area (Å²) in [6, 6.07) is 17.8. The molecule has 0 radical (unpaired) electrons. The van der Waals surface area contributed by atoms with Gasteiger partial charge in [-0.3, -0.25) is 4.79 Å². The topological polar surface area (TPSA) is 147 Å². The molecule has 0 aliphatic heterocycles. The van der Waals surface area contributed by atoms with Crippen LogP contribution in [0.2, 0.25) is 0 Å². The van der Waals surface area contributed by atoms with E-state index in [0.29, 0.717) is 17.2 Å². The van der Waals surface area contributed by atoms with Gasteiger partial charge in [0.15, 0.2) is 0 Å². The van der Waals surface area contributed by atoms with Crippen LogP contribution in [0.4, 0.5) is 5.69 Å². The van der Waals surface area contributed by atoms with Crippen LogP contribution < -0.4 is 19.5 Å². The number of esters is 2. The lowest BCUT2D eigenvalue weighted by molar-refractivity contribution is -0.157. The normalized spacial score (nSPS) is 11.9. The van der Waals surface area contributed by atoms with Crippen molar-refractivity contribution in [2.24, 2.45) is 0 Å². The smallest absolute Gasteiger partial charge is 0.349 e. The molecule has 11 nitrogen and oxygen atoms in total. The molecule has 38 heavy (non-hydrogen) atoms. The zero-order valence-electron chi connectivity index (χ0n) is 20.7. The van der Waals surface area contributed by atoms with Crippen LogP contribution in [0.1, 0.15) is 20.7 Å². The Bertz CT molecular complexity index is 1320. The second-order valence-electron chi connectivity index (χ2n) is 7.68. The first-order valence-electron chi connectivity index (χ1n) is 11.1. The number of carbonyl (C=O) groups is 4. The van der Waals surface area contributed by atoms with Gasteiger partial charge in [-0.05, 0) is 48.5 Å². The van der Waals surface area contributed by atoms with Crippen molar-refractivity contribution in [3.8, 4) is 17.2 Å². The third-order valence-corrected chi connectivity index (χ3v) is 5.19. The highest BCUT2D eigenvalue weighted by atomic mass is 16.6. The van der Waals surface area contributed by atoms with Crippen LogP contribution in [0.3, 0.4) is 0 Å². The number of hydrogen-bond acceptors (Lipinski definition) is 9. The van der Waals surface area contributed by atoms with Gasteiger partial charge in [0, 0.05) is 11.8 Å². The lowest BCUT2D eigenvalue weighted by Crippen LogP contribution is -2.48. The van der Waals surface area contributed by atoms with Crippen LogP contribution in [0, 0.1) is 0 Å². The van der Waals surface area contributed by atoms with Crippen LogP contribution in [0.15, 0.2) is 72.8 Å². The van der Waals surface area contributed by atoms with Gasteiger partial charge < -0.3 is 34.1 Å². The van der Waals surface area contributed by atoms with Gasteiger partial charge in [-0.1, -0.05) is 18.2 Å². The number of methoxy groups -OCH3 is 3. The van der Waals surface area contributed by atoms with E-state index in [0.717, 1.165) is 0 Å². The molecule has 198 valence electrons. The van der Waals surface area contributed by atoms with Gasteiger partial charge in [-0.2, -0.15) is 0 Å². The minimum Gasteiger partial charge on any atom is -0.497 e. The molecular weight excluding hydrogens is 498 g/mol. The van der Waals surface area contributed by atoms with E-state index in [1.54, 1.807) is 24.3 Å². The van der Waals surface area contributed by atoms with Crippen molar-refractivity contribution in [2.45, 2.75) is 12.2 Å². The van der Waals surface area contributed by atoms with Crippen molar-refractivity contribution in [3.05, 3.63) is 83.9 Å². The predicted octanol–water partition coefficient (Wildman–Crippen LogP) is 3.19. The van der Waals surface area contributed by atoms with Crippen molar-refractivity contribution in [1.82, 2.24) is 0 Å². The van der Waals surface area contributed by atoms with Crippen molar-refractivity contribution in [3.63, 3.8) is 0 Å². The average Bonchev–Trinajstić information content (AvgIpc) is 2.94. The van der Waals surface area contributed by atoms with E-state index in [-0.39, 0.29) is 16.8 Å². The molecule has 0 aromatic heterocycles. The van der Waals surface area contributed by atoms with Gasteiger partial charge in [0.1, 0.15) is 17.2 Å². The minimum atomic E-state index is -2.20. The molecule has 0 spiro atoms. The highest BCUT2D eigenvalue weighted by Crippen LogP contribution is 2.21. The van der Waals surface area contributed by atoms with E-state index in [2.05, 4.69) is 5.32 Å². The summed E-state index contributed by atoms with van der Waals surface area (Å²) >= 11 is 0. The number of carboxylic acids is 1. The maximum atomic E-state index is 13.2. The molecule has 0 bridgehead atoms. The maximum Gasteiger partial charge on any atom is 0.349 e. The van der Waals surface area contributed by atoms with Crippen molar-refractivity contribution in [1.29, 1.82) is 0 Å². The molecule has 3 rings (SSSR count). The molecule has 0 saturated heterocycles. The Kier molecular flexibility index (Phi) is 9.25. The van der Waals surface area contributed by atoms with E-state index in [1.807, 2.05) is 0 Å². The van der Waals surface area contributed by atoms with Gasteiger partial charge in [0.05, 0.1) is 32.5 Å². The molecule has 0 fully saturated rings. The molecule has 3 aromatic rings. The lowest BCUT2D eigenvalue weighted by atomic mass is 10.1. The Labute approximate surface area is 217 Å². The number of carboxylic acid groups (broad SMARTS) is 1. The van der Waals surface area contributed by atoms with E-state index in [4.69, 9.17) is 23.7 Å². The zero-order chi connectivity index (χ0) is 27.7. The molecule has 0 aliphatic rings. The van der Waals surface area contributed by atoms with Crippen LogP contribution in [0.5, 0.6) is 17.2 Å². The number of nitrogens with one attached hydrogen (secondary N) is 1. The number of ether oxygens (including phenoxy) is 5. The Morgan fingerprint density at radius 3 is 1.58 bits per heavy atom. The minimum absolute atomic E-state index is 0.0215. The largest absolute Gasteiger partial charge is 0.497 e. The fourth-order valence-electron chi connectivity index (χ4n) is 3.28. The van der Waals surface area contributed by atoms with Crippen LogP contribution in [-0.2, 0) is 19.1 Å². The molecular formula is C27H25NO10. The predicted molar refractivity (Wildman–Crippen MR) is 134 cm³/mol. The Balaban J connectivity index is 1.94. The monoisotopic (exact) mass is 523 g/mol. The molecule has 0 saturated carbocycles. The highest BCUT2D eigenvalue weighted by Gasteiger charge is 2.41. The Hall–Kier alpha value is -5.06. The summed E-state index contributed by atoms with van der Waals surface area (Å²) in [4.78, 5) is 51.1. The molecule has 2 atom stereocenters. The Morgan fingerprint density at radius 2 is 1.11 bits per heavy atom. The van der Waals surface area contributed by atoms with Gasteiger partial charge in [-0.25, -0.2) is 14.4 Å². The molecule has 0 unspecified atom stereocenters. The number of aliphatic carboxylic acids is 1. The summed E-state index contributed by atoms with van der Waals surface area (Å²) in [5.41, 5.74) is 0.161. The summed E-state index contributed by atoms with van der Waals surface area (Å²) in [6.45, 7) is 0. The number of hydrogen-bond donors (Lipinski definition) is 2. The summed E-state index contributed by atoms with van der Waals surface area (Å²) in [5, 5.41) is 12.4. The van der Waals surface area contributed by atoms with E-state index in [9.17, 15) is 24.3 Å². The lowest BCUT2D eigenvalue weighted by Gasteiger charge is -2.23. The van der Waals surface area contributed by atoms with Crippen LogP contribution in [0.25, 0.3) is 0 Å². The van der Waals surface area contributed by atoms with Crippen molar-refractivity contribution < 1.29 is 48.0 Å². The molecule has 1 amide bonds. The molecule has 2 N–H and O–H groups in total. The first-order chi connectivity index (χ1) is 18.2. The highest BCUT2D eigenvalue weighted by molar-refractivity contribution is 6.01. The van der Waals surface area contributed by atoms with Gasteiger partial charge >= 0.3 is 17.9 Å². The summed E-state index contributed by atoms with van der Waals surface area (Å²) in [6.07, 6.45) is -4.28.